The Morgan fingerprint density at radius 1 is 1.45 bits per heavy atom. The summed E-state index contributed by atoms with van der Waals surface area (Å²) in [5, 5.41) is 3.34. The van der Waals surface area contributed by atoms with Gasteiger partial charge in [-0.3, -0.25) is 0 Å². The van der Waals surface area contributed by atoms with Crippen molar-refractivity contribution in [3.8, 4) is 0 Å². The van der Waals surface area contributed by atoms with Crippen LogP contribution in [0.3, 0.4) is 0 Å². The van der Waals surface area contributed by atoms with Crippen LogP contribution in [0.25, 0.3) is 0 Å². The third kappa shape index (κ3) is 3.93. The van der Waals surface area contributed by atoms with E-state index in [0.717, 1.165) is 25.4 Å². The van der Waals surface area contributed by atoms with Crippen LogP contribution in [0.2, 0.25) is 0 Å². The Kier molecular flexibility index (Phi) is 4.95. The van der Waals surface area contributed by atoms with E-state index in [-0.39, 0.29) is 5.97 Å². The van der Waals surface area contributed by atoms with Crippen LogP contribution in [0.4, 0.5) is 5.82 Å². The minimum Gasteiger partial charge on any atom is -0.462 e. The lowest BCUT2D eigenvalue weighted by Crippen LogP contribution is -2.18. The number of carbonyl (C=O) groups excluding carboxylic acids is 1. The van der Waals surface area contributed by atoms with Gasteiger partial charge >= 0.3 is 5.97 Å². The van der Waals surface area contributed by atoms with E-state index in [9.17, 15) is 4.79 Å². The fourth-order valence-electron chi connectivity index (χ4n) is 2.12. The van der Waals surface area contributed by atoms with Gasteiger partial charge in [-0.1, -0.05) is 0 Å². The number of rotatable bonds is 8. The first-order valence-electron chi connectivity index (χ1n) is 7.05. The van der Waals surface area contributed by atoms with Crippen LogP contribution in [0.15, 0.2) is 18.3 Å². The first-order valence-corrected chi connectivity index (χ1v) is 7.05. The topological polar surface area (TPSA) is 60.5 Å². The summed E-state index contributed by atoms with van der Waals surface area (Å²) in [5.41, 5.74) is 0.857. The van der Waals surface area contributed by atoms with Crippen LogP contribution < -0.4 is 5.32 Å². The second-order valence-electron chi connectivity index (χ2n) is 5.25. The van der Waals surface area contributed by atoms with Gasteiger partial charge in [0.2, 0.25) is 0 Å². The standard InChI is InChI=1S/C15H22N2O3/c1-3-20-14(18)12-4-5-13(16-10-12)17-11-15(6-7-15)8-9-19-2/h4-5,10H,3,6-9,11H2,1-2H3,(H,16,17). The van der Waals surface area contributed by atoms with E-state index in [4.69, 9.17) is 9.47 Å². The van der Waals surface area contributed by atoms with Crippen LogP contribution >= 0.6 is 0 Å². The van der Waals surface area contributed by atoms with Crippen molar-refractivity contribution in [2.24, 2.45) is 5.41 Å². The fourth-order valence-corrected chi connectivity index (χ4v) is 2.12. The van der Waals surface area contributed by atoms with Crippen LogP contribution in [0.5, 0.6) is 0 Å². The average molecular weight is 278 g/mol. The molecule has 1 saturated carbocycles. The smallest absolute Gasteiger partial charge is 0.339 e. The van der Waals surface area contributed by atoms with Gasteiger partial charge in [-0.2, -0.15) is 0 Å². The van der Waals surface area contributed by atoms with Gasteiger partial charge in [0.25, 0.3) is 0 Å². The lowest BCUT2D eigenvalue weighted by molar-refractivity contribution is 0.0526. The molecule has 110 valence electrons. The Labute approximate surface area is 119 Å². The number of hydrogen-bond acceptors (Lipinski definition) is 5. The molecule has 0 bridgehead atoms. The van der Waals surface area contributed by atoms with E-state index in [0.29, 0.717) is 17.6 Å². The number of nitrogens with one attached hydrogen (secondary N) is 1. The van der Waals surface area contributed by atoms with Crippen LogP contribution in [-0.4, -0.2) is 37.8 Å². The molecule has 1 heterocycles. The van der Waals surface area contributed by atoms with Gasteiger partial charge in [0.15, 0.2) is 0 Å². The number of aromatic nitrogens is 1. The van der Waals surface area contributed by atoms with E-state index in [2.05, 4.69) is 10.3 Å². The normalized spacial score (nSPS) is 15.7. The maximum Gasteiger partial charge on any atom is 0.339 e. The summed E-state index contributed by atoms with van der Waals surface area (Å²) >= 11 is 0. The highest BCUT2D eigenvalue weighted by Gasteiger charge is 2.41. The quantitative estimate of drug-likeness (QED) is 0.740. The molecule has 0 aliphatic heterocycles. The Bertz CT molecular complexity index is 441. The molecule has 1 aliphatic rings. The minimum atomic E-state index is -0.328. The van der Waals surface area contributed by atoms with Crippen molar-refractivity contribution in [1.82, 2.24) is 4.98 Å². The predicted molar refractivity (Wildman–Crippen MR) is 76.8 cm³/mol. The number of carbonyl (C=O) groups is 1. The van der Waals surface area contributed by atoms with E-state index < -0.39 is 0 Å². The van der Waals surface area contributed by atoms with E-state index in [1.54, 1.807) is 26.3 Å². The summed E-state index contributed by atoms with van der Waals surface area (Å²) in [6.07, 6.45) is 5.11. The zero-order valence-corrected chi connectivity index (χ0v) is 12.1. The predicted octanol–water partition coefficient (Wildman–Crippen LogP) is 2.49. The molecule has 0 radical (unpaired) electrons. The second-order valence-corrected chi connectivity index (χ2v) is 5.25. The van der Waals surface area contributed by atoms with E-state index >= 15 is 0 Å². The SMILES string of the molecule is CCOC(=O)c1ccc(NCC2(CCOC)CC2)nc1. The largest absolute Gasteiger partial charge is 0.462 e. The first kappa shape index (κ1) is 14.8. The second kappa shape index (κ2) is 6.70. The van der Waals surface area contributed by atoms with Gasteiger partial charge in [0.1, 0.15) is 5.82 Å². The number of esters is 1. The summed E-state index contributed by atoms with van der Waals surface area (Å²) in [6.45, 7) is 3.87. The average Bonchev–Trinajstić information content (AvgIpc) is 3.24. The third-order valence-electron chi connectivity index (χ3n) is 3.71. The molecule has 0 saturated heterocycles. The van der Waals surface area contributed by atoms with Crippen molar-refractivity contribution in [1.29, 1.82) is 0 Å². The van der Waals surface area contributed by atoms with Crippen molar-refractivity contribution in [2.75, 3.05) is 32.2 Å². The number of ether oxygens (including phenoxy) is 2. The molecule has 1 aliphatic carbocycles. The molecule has 1 aromatic heterocycles. The molecule has 1 aromatic rings. The number of methoxy groups -OCH3 is 1. The monoisotopic (exact) mass is 278 g/mol. The van der Waals surface area contributed by atoms with E-state index in [1.807, 2.05) is 6.07 Å². The summed E-state index contributed by atoms with van der Waals surface area (Å²) in [7, 11) is 1.74. The van der Waals surface area contributed by atoms with Gasteiger partial charge < -0.3 is 14.8 Å². The molecule has 2 rings (SSSR count). The van der Waals surface area contributed by atoms with Gasteiger partial charge in [-0.25, -0.2) is 9.78 Å². The van der Waals surface area contributed by atoms with Crippen LogP contribution in [-0.2, 0) is 9.47 Å². The molecule has 1 fully saturated rings. The van der Waals surface area contributed by atoms with Crippen molar-refractivity contribution in [3.63, 3.8) is 0 Å². The molecule has 5 nitrogen and oxygen atoms in total. The van der Waals surface area contributed by atoms with E-state index in [1.165, 1.54) is 12.8 Å². The molecule has 0 atom stereocenters. The maximum atomic E-state index is 11.5. The highest BCUT2D eigenvalue weighted by molar-refractivity contribution is 5.89. The fraction of sp³-hybridized carbons (Fsp3) is 0.600. The van der Waals surface area contributed by atoms with Gasteiger partial charge in [-0.05, 0) is 43.7 Å². The Morgan fingerprint density at radius 2 is 2.25 bits per heavy atom. The van der Waals surface area contributed by atoms with Crippen molar-refractivity contribution < 1.29 is 14.3 Å². The van der Waals surface area contributed by atoms with Gasteiger partial charge in [0.05, 0.1) is 12.2 Å². The van der Waals surface area contributed by atoms with Crippen molar-refractivity contribution in [3.05, 3.63) is 23.9 Å². The minimum absolute atomic E-state index is 0.328. The highest BCUT2D eigenvalue weighted by atomic mass is 16.5. The Morgan fingerprint density at radius 3 is 2.80 bits per heavy atom. The number of pyridine rings is 1. The lowest BCUT2D eigenvalue weighted by Gasteiger charge is -2.15. The summed E-state index contributed by atoms with van der Waals surface area (Å²) in [6, 6.07) is 3.56. The number of nitrogens with zero attached hydrogens (tertiary/aromatic N) is 1. The van der Waals surface area contributed by atoms with Gasteiger partial charge in [-0.15, -0.1) is 0 Å². The summed E-state index contributed by atoms with van der Waals surface area (Å²) < 4.78 is 10.1. The molecule has 5 heteroatoms. The molecule has 1 N–H and O–H groups in total. The molecule has 0 aromatic carbocycles. The first-order chi connectivity index (χ1) is 9.69. The van der Waals surface area contributed by atoms with Crippen LogP contribution in [0, 0.1) is 5.41 Å². The van der Waals surface area contributed by atoms with Crippen molar-refractivity contribution >= 4 is 11.8 Å². The zero-order valence-electron chi connectivity index (χ0n) is 12.1. The molecular weight excluding hydrogens is 256 g/mol. The van der Waals surface area contributed by atoms with Gasteiger partial charge in [0, 0.05) is 26.5 Å². The van der Waals surface area contributed by atoms with Crippen LogP contribution in [0.1, 0.15) is 36.5 Å². The molecule has 0 spiro atoms. The number of anilines is 1. The Balaban J connectivity index is 1.83. The molecular formula is C15H22N2O3. The molecule has 0 amide bonds. The Hall–Kier alpha value is -1.62. The highest BCUT2D eigenvalue weighted by Crippen LogP contribution is 2.48. The number of hydrogen-bond donors (Lipinski definition) is 1. The molecule has 20 heavy (non-hydrogen) atoms. The summed E-state index contributed by atoms with van der Waals surface area (Å²) in [5.74, 6) is 0.465. The summed E-state index contributed by atoms with van der Waals surface area (Å²) in [4.78, 5) is 15.8. The molecule has 0 unspecified atom stereocenters. The maximum absolute atomic E-state index is 11.5. The lowest BCUT2D eigenvalue weighted by atomic mass is 10.0. The van der Waals surface area contributed by atoms with Crippen molar-refractivity contribution in [2.45, 2.75) is 26.2 Å². The third-order valence-corrected chi connectivity index (χ3v) is 3.71. The zero-order chi connectivity index (χ0) is 14.4.